The van der Waals surface area contributed by atoms with Gasteiger partial charge in [-0.3, -0.25) is 13.9 Å². The Kier molecular flexibility index (Phi) is 11.3. The third kappa shape index (κ3) is 8.11. The molecule has 0 saturated heterocycles. The third-order valence-corrected chi connectivity index (χ3v) is 9.15. The highest BCUT2D eigenvalue weighted by Gasteiger charge is 2.34. The van der Waals surface area contributed by atoms with E-state index in [1.807, 2.05) is 56.3 Å². The number of benzene rings is 4. The van der Waals surface area contributed by atoms with Crippen molar-refractivity contribution in [1.29, 1.82) is 0 Å². The number of nitrogens with one attached hydrogen (secondary N) is 1. The Hall–Kier alpha value is -4.50. The fourth-order valence-corrected chi connectivity index (χ4v) is 6.31. The van der Waals surface area contributed by atoms with Gasteiger partial charge >= 0.3 is 0 Å². The zero-order valence-corrected chi connectivity index (χ0v) is 25.8. The van der Waals surface area contributed by atoms with E-state index in [0.29, 0.717) is 18.7 Å². The highest BCUT2D eigenvalue weighted by molar-refractivity contribution is 7.92. The predicted octanol–water partition coefficient (Wildman–Crippen LogP) is 5.75. The van der Waals surface area contributed by atoms with Crippen LogP contribution in [0.3, 0.4) is 0 Å². The van der Waals surface area contributed by atoms with E-state index in [1.165, 1.54) is 23.1 Å². The van der Waals surface area contributed by atoms with Crippen LogP contribution < -0.4 is 9.62 Å². The number of rotatable bonds is 14. The molecule has 0 bridgehead atoms. The molecule has 0 aliphatic carbocycles. The molecule has 0 aromatic heterocycles. The van der Waals surface area contributed by atoms with Gasteiger partial charge < -0.3 is 10.2 Å². The van der Waals surface area contributed by atoms with Gasteiger partial charge in [0.2, 0.25) is 11.8 Å². The highest BCUT2D eigenvalue weighted by Crippen LogP contribution is 2.26. The summed E-state index contributed by atoms with van der Waals surface area (Å²) in [5, 5.41) is 2.88. The number of amides is 2. The summed E-state index contributed by atoms with van der Waals surface area (Å²) in [7, 11) is -4.19. The second-order valence-corrected chi connectivity index (χ2v) is 12.3. The van der Waals surface area contributed by atoms with Crippen LogP contribution in [0.5, 0.6) is 0 Å². The van der Waals surface area contributed by atoms with Crippen molar-refractivity contribution < 1.29 is 22.4 Å². The van der Waals surface area contributed by atoms with Crippen molar-refractivity contribution in [3.63, 3.8) is 0 Å². The van der Waals surface area contributed by atoms with Crippen LogP contribution in [-0.2, 0) is 39.0 Å². The van der Waals surface area contributed by atoms with Gasteiger partial charge in [-0.05, 0) is 54.3 Å². The van der Waals surface area contributed by atoms with E-state index in [4.69, 9.17) is 0 Å². The summed E-state index contributed by atoms with van der Waals surface area (Å²) in [5.74, 6) is -1.56. The first kappa shape index (κ1) is 32.4. The number of sulfonamides is 1. The van der Waals surface area contributed by atoms with Crippen LogP contribution in [0.15, 0.2) is 114 Å². The normalized spacial score (nSPS) is 11.9. The molecule has 230 valence electrons. The fraction of sp³-hybridized carbons (Fsp3) is 0.257. The second-order valence-electron chi connectivity index (χ2n) is 10.5. The number of nitrogens with zero attached hydrogens (tertiary/aromatic N) is 2. The van der Waals surface area contributed by atoms with Crippen LogP contribution in [0.1, 0.15) is 37.0 Å². The molecule has 1 N–H and O–H groups in total. The minimum absolute atomic E-state index is 0.0227. The van der Waals surface area contributed by atoms with Crippen molar-refractivity contribution in [2.75, 3.05) is 17.4 Å². The van der Waals surface area contributed by atoms with E-state index in [-0.39, 0.29) is 23.4 Å². The van der Waals surface area contributed by atoms with Crippen molar-refractivity contribution in [1.82, 2.24) is 10.2 Å². The van der Waals surface area contributed by atoms with Crippen molar-refractivity contribution in [2.24, 2.45) is 0 Å². The van der Waals surface area contributed by atoms with E-state index in [2.05, 4.69) is 5.32 Å². The number of aryl methyl sites for hydroxylation is 1. The molecule has 0 fully saturated rings. The number of carbonyl (C=O) groups excluding carboxylic acids is 2. The Balaban J connectivity index is 1.80. The van der Waals surface area contributed by atoms with Gasteiger partial charge in [-0.1, -0.05) is 92.7 Å². The molecular formula is C35H38FN3O4S. The molecule has 4 aromatic rings. The lowest BCUT2D eigenvalue weighted by Crippen LogP contribution is -2.53. The SMILES string of the molecule is CCCNC(=O)[C@H](Cc1ccccc1)N(Cc1ccccc1F)C(=O)CN(c1ccc(CC)cc1)S(=O)(=O)c1ccccc1. The average Bonchev–Trinajstić information content (AvgIpc) is 3.05. The largest absolute Gasteiger partial charge is 0.354 e. The van der Waals surface area contributed by atoms with Crippen LogP contribution in [-0.4, -0.2) is 44.3 Å². The predicted molar refractivity (Wildman–Crippen MR) is 171 cm³/mol. The van der Waals surface area contributed by atoms with Crippen molar-refractivity contribution in [3.05, 3.63) is 132 Å². The first-order chi connectivity index (χ1) is 21.2. The molecule has 2 amide bonds. The lowest BCUT2D eigenvalue weighted by molar-refractivity contribution is -0.140. The van der Waals surface area contributed by atoms with Crippen LogP contribution in [0.4, 0.5) is 10.1 Å². The Morgan fingerprint density at radius 1 is 0.795 bits per heavy atom. The zero-order chi connectivity index (χ0) is 31.5. The highest BCUT2D eigenvalue weighted by atomic mass is 32.2. The van der Waals surface area contributed by atoms with E-state index in [0.717, 1.165) is 21.9 Å². The summed E-state index contributed by atoms with van der Waals surface area (Å²) in [6.45, 7) is 3.49. The fourth-order valence-electron chi connectivity index (χ4n) is 4.88. The van der Waals surface area contributed by atoms with Gasteiger partial charge in [0.05, 0.1) is 10.6 Å². The molecule has 0 unspecified atom stereocenters. The lowest BCUT2D eigenvalue weighted by Gasteiger charge is -2.34. The summed E-state index contributed by atoms with van der Waals surface area (Å²) in [5.41, 5.74) is 2.33. The maximum Gasteiger partial charge on any atom is 0.264 e. The molecule has 44 heavy (non-hydrogen) atoms. The molecule has 1 atom stereocenters. The minimum atomic E-state index is -4.19. The maximum absolute atomic E-state index is 15.0. The van der Waals surface area contributed by atoms with Gasteiger partial charge in [0.15, 0.2) is 0 Å². The standard InChI is InChI=1S/C35H38FN3O4S/c1-3-23-37-35(41)33(24-28-13-7-5-8-14-28)38(25-29-15-11-12-18-32(29)36)34(40)26-39(30-21-19-27(4-2)20-22-30)44(42,43)31-16-9-6-10-17-31/h5-22,33H,3-4,23-26H2,1-2H3,(H,37,41)/t33-/m0/s1. The van der Waals surface area contributed by atoms with Gasteiger partial charge in [-0.15, -0.1) is 0 Å². The van der Waals surface area contributed by atoms with E-state index >= 15 is 0 Å². The average molecular weight is 616 g/mol. The topological polar surface area (TPSA) is 86.8 Å². The van der Waals surface area contributed by atoms with E-state index in [1.54, 1.807) is 48.5 Å². The number of anilines is 1. The van der Waals surface area contributed by atoms with Gasteiger partial charge in [0.1, 0.15) is 18.4 Å². The Labute approximate surface area is 259 Å². The quantitative estimate of drug-likeness (QED) is 0.196. The molecule has 0 aliphatic heterocycles. The van der Waals surface area contributed by atoms with Crippen molar-refractivity contribution in [3.8, 4) is 0 Å². The molecule has 4 aromatic carbocycles. The summed E-state index contributed by atoms with van der Waals surface area (Å²) in [6.07, 6.45) is 1.60. The van der Waals surface area contributed by atoms with Crippen LogP contribution in [0.25, 0.3) is 0 Å². The number of hydrogen-bond donors (Lipinski definition) is 1. The smallest absolute Gasteiger partial charge is 0.264 e. The zero-order valence-electron chi connectivity index (χ0n) is 25.0. The Morgan fingerprint density at radius 2 is 1.41 bits per heavy atom. The van der Waals surface area contributed by atoms with Crippen LogP contribution in [0.2, 0.25) is 0 Å². The van der Waals surface area contributed by atoms with Gasteiger partial charge in [0.25, 0.3) is 10.0 Å². The van der Waals surface area contributed by atoms with Crippen LogP contribution >= 0.6 is 0 Å². The Bertz CT molecular complexity index is 1630. The molecule has 0 saturated carbocycles. The molecule has 7 nitrogen and oxygen atoms in total. The summed E-state index contributed by atoms with van der Waals surface area (Å²) in [4.78, 5) is 29.3. The minimum Gasteiger partial charge on any atom is -0.354 e. The van der Waals surface area contributed by atoms with E-state index in [9.17, 15) is 22.4 Å². The first-order valence-electron chi connectivity index (χ1n) is 14.8. The number of halogens is 1. The lowest BCUT2D eigenvalue weighted by atomic mass is 10.0. The van der Waals surface area contributed by atoms with Gasteiger partial charge in [-0.25, -0.2) is 12.8 Å². The van der Waals surface area contributed by atoms with Crippen molar-refractivity contribution >= 4 is 27.5 Å². The van der Waals surface area contributed by atoms with Crippen molar-refractivity contribution in [2.45, 2.75) is 50.6 Å². The molecule has 0 heterocycles. The monoisotopic (exact) mass is 615 g/mol. The maximum atomic E-state index is 15.0. The van der Waals surface area contributed by atoms with Gasteiger partial charge in [-0.2, -0.15) is 0 Å². The molecule has 0 spiro atoms. The molecule has 0 aliphatic rings. The number of carbonyl (C=O) groups is 2. The van der Waals surface area contributed by atoms with E-state index < -0.39 is 40.2 Å². The number of hydrogen-bond acceptors (Lipinski definition) is 4. The molecule has 9 heteroatoms. The summed E-state index contributed by atoms with van der Waals surface area (Å²) in [6, 6.07) is 29.1. The first-order valence-corrected chi connectivity index (χ1v) is 16.2. The molecule has 4 rings (SSSR count). The summed E-state index contributed by atoms with van der Waals surface area (Å²) >= 11 is 0. The van der Waals surface area contributed by atoms with Crippen LogP contribution in [0, 0.1) is 5.82 Å². The molecule has 0 radical (unpaired) electrons. The summed E-state index contributed by atoms with van der Waals surface area (Å²) < 4.78 is 44.0. The third-order valence-electron chi connectivity index (χ3n) is 7.36. The Morgan fingerprint density at radius 3 is 2.02 bits per heavy atom. The second kappa shape index (κ2) is 15.3. The van der Waals surface area contributed by atoms with Gasteiger partial charge in [0, 0.05) is 25.1 Å². The molecular weight excluding hydrogens is 577 g/mol.